The Hall–Kier alpha value is -6.68. The number of hydrogen-bond donors (Lipinski definition) is 1. The van der Waals surface area contributed by atoms with Crippen LogP contribution in [-0.2, 0) is 5.41 Å². The van der Waals surface area contributed by atoms with Gasteiger partial charge in [-0.05, 0) is 144 Å². The Morgan fingerprint density at radius 1 is 0.436 bits per heavy atom. The zero-order chi connectivity index (χ0) is 37.1. The van der Waals surface area contributed by atoms with Crippen LogP contribution in [0.25, 0.3) is 43.4 Å². The molecule has 0 fully saturated rings. The largest absolute Gasteiger partial charge is 0.497 e. The lowest BCUT2D eigenvalue weighted by molar-refractivity contribution is 0.220. The summed E-state index contributed by atoms with van der Waals surface area (Å²) in [6.07, 6.45) is -0.741. The Bertz CT molecular complexity index is 2910. The summed E-state index contributed by atoms with van der Waals surface area (Å²) >= 11 is 0. The first-order valence-corrected chi connectivity index (χ1v) is 18.8. The molecule has 0 aliphatic heterocycles. The summed E-state index contributed by atoms with van der Waals surface area (Å²) in [6.45, 7) is 2.15. The van der Waals surface area contributed by atoms with E-state index >= 15 is 0 Å². The number of aliphatic hydroxyl groups excluding tert-OH is 1. The first-order chi connectivity index (χ1) is 27.0. The van der Waals surface area contributed by atoms with E-state index in [2.05, 4.69) is 134 Å². The number of rotatable bonds is 7. The number of aryl methyl sites for hydroxylation is 1. The maximum atomic E-state index is 11.0. The minimum absolute atomic E-state index is 0.531. The average molecular weight is 711 g/mol. The van der Waals surface area contributed by atoms with E-state index in [1.54, 1.807) is 7.11 Å². The molecule has 9 aromatic carbocycles. The predicted octanol–water partition coefficient (Wildman–Crippen LogP) is 12.7. The number of benzene rings is 9. The van der Waals surface area contributed by atoms with Crippen LogP contribution in [0.5, 0.6) is 17.2 Å². The van der Waals surface area contributed by atoms with Gasteiger partial charge in [-0.3, -0.25) is 0 Å². The molecule has 1 aliphatic rings. The van der Waals surface area contributed by atoms with Gasteiger partial charge >= 0.3 is 0 Å². The van der Waals surface area contributed by atoms with Gasteiger partial charge in [0.25, 0.3) is 0 Å². The summed E-state index contributed by atoms with van der Waals surface area (Å²) < 4.78 is 11.6. The van der Waals surface area contributed by atoms with Gasteiger partial charge in [0.1, 0.15) is 23.4 Å². The number of ether oxygens (including phenoxy) is 2. The summed E-state index contributed by atoms with van der Waals surface area (Å²) in [7, 11) is 1.63. The Balaban J connectivity index is 1.06. The van der Waals surface area contributed by atoms with Crippen molar-refractivity contribution in [1.29, 1.82) is 0 Å². The van der Waals surface area contributed by atoms with Crippen LogP contribution in [0.3, 0.4) is 0 Å². The average Bonchev–Trinajstić information content (AvgIpc) is 3.52. The molecule has 2 unspecified atom stereocenters. The fraction of sp³-hybridized carbons (Fsp3) is 0.0769. The minimum atomic E-state index is -0.741. The van der Waals surface area contributed by atoms with E-state index in [0.717, 1.165) is 33.4 Å². The maximum Gasteiger partial charge on any atom is 0.128 e. The lowest BCUT2D eigenvalue weighted by Gasteiger charge is -2.34. The van der Waals surface area contributed by atoms with Crippen molar-refractivity contribution in [3.05, 3.63) is 221 Å². The minimum Gasteiger partial charge on any atom is -0.497 e. The molecule has 0 radical (unpaired) electrons. The quantitative estimate of drug-likeness (QED) is 0.179. The van der Waals surface area contributed by atoms with Gasteiger partial charge in [0, 0.05) is 0 Å². The predicted molar refractivity (Wildman–Crippen MR) is 225 cm³/mol. The van der Waals surface area contributed by atoms with Crippen LogP contribution >= 0.6 is 0 Å². The molecule has 3 nitrogen and oxygen atoms in total. The second-order valence-electron chi connectivity index (χ2n) is 14.7. The second kappa shape index (κ2) is 13.0. The normalized spacial score (nSPS) is 15.2. The number of methoxy groups -OCH3 is 1. The molecule has 1 N–H and O–H groups in total. The van der Waals surface area contributed by atoms with Crippen molar-refractivity contribution in [1.82, 2.24) is 0 Å². The van der Waals surface area contributed by atoms with Crippen molar-refractivity contribution < 1.29 is 14.6 Å². The molecule has 0 aromatic heterocycles. The van der Waals surface area contributed by atoms with Crippen molar-refractivity contribution >= 4 is 32.3 Å². The lowest BCUT2D eigenvalue weighted by atomic mass is 9.67. The standard InChI is InChI=1S/C52H38O3/c1-33-11-12-39-28-42(20-13-38(39)27-33)52(49-10-6-5-9-47(49)48-31-36-7-3-4-8-37(36)32-50(48)52)43-21-14-41-30-46(26-19-40(41)29-43)55-45-24-17-35(18-25-45)51(53)34-15-22-44(54-2)23-16-34/h3-32,51,53H,1-2H3. The zero-order valence-electron chi connectivity index (χ0n) is 30.7. The third-order valence-corrected chi connectivity index (χ3v) is 11.4. The molecule has 0 bridgehead atoms. The summed E-state index contributed by atoms with van der Waals surface area (Å²) in [5.74, 6) is 2.22. The first kappa shape index (κ1) is 32.9. The van der Waals surface area contributed by atoms with E-state index < -0.39 is 11.5 Å². The molecule has 1 aliphatic carbocycles. The van der Waals surface area contributed by atoms with Crippen LogP contribution in [0, 0.1) is 6.92 Å². The monoisotopic (exact) mass is 710 g/mol. The van der Waals surface area contributed by atoms with Gasteiger partial charge in [0.05, 0.1) is 12.5 Å². The molecule has 2 atom stereocenters. The van der Waals surface area contributed by atoms with Gasteiger partial charge in [0.15, 0.2) is 0 Å². The number of fused-ring (bicyclic) bond motifs is 6. The molecule has 264 valence electrons. The van der Waals surface area contributed by atoms with Gasteiger partial charge in [-0.2, -0.15) is 0 Å². The summed E-state index contributed by atoms with van der Waals surface area (Å²) in [5.41, 5.74) is 9.97. The Kier molecular flexibility index (Phi) is 7.79. The van der Waals surface area contributed by atoms with Gasteiger partial charge in [-0.25, -0.2) is 0 Å². The van der Waals surface area contributed by atoms with E-state index in [4.69, 9.17) is 9.47 Å². The molecular weight excluding hydrogens is 673 g/mol. The molecular formula is C52H38O3. The molecule has 55 heavy (non-hydrogen) atoms. The van der Waals surface area contributed by atoms with Crippen LogP contribution in [0.4, 0.5) is 0 Å². The van der Waals surface area contributed by atoms with Crippen LogP contribution in [0.1, 0.15) is 45.0 Å². The molecule has 0 heterocycles. The fourth-order valence-corrected chi connectivity index (χ4v) is 8.70. The van der Waals surface area contributed by atoms with Gasteiger partial charge in [-0.1, -0.05) is 127 Å². The topological polar surface area (TPSA) is 38.7 Å². The van der Waals surface area contributed by atoms with Crippen LogP contribution in [-0.4, -0.2) is 12.2 Å². The first-order valence-electron chi connectivity index (χ1n) is 18.8. The van der Waals surface area contributed by atoms with Gasteiger partial charge in [-0.15, -0.1) is 0 Å². The molecule has 0 spiro atoms. The highest BCUT2D eigenvalue weighted by molar-refractivity contribution is 5.97. The van der Waals surface area contributed by atoms with Crippen LogP contribution in [0.2, 0.25) is 0 Å². The smallest absolute Gasteiger partial charge is 0.128 e. The highest BCUT2D eigenvalue weighted by atomic mass is 16.5. The van der Waals surface area contributed by atoms with Crippen molar-refractivity contribution in [2.24, 2.45) is 0 Å². The van der Waals surface area contributed by atoms with E-state index in [9.17, 15) is 5.11 Å². The number of hydrogen-bond acceptors (Lipinski definition) is 3. The Morgan fingerprint density at radius 3 is 1.65 bits per heavy atom. The molecule has 0 saturated heterocycles. The molecule has 9 aromatic rings. The summed E-state index contributed by atoms with van der Waals surface area (Å²) in [5, 5.41) is 18.2. The van der Waals surface area contributed by atoms with E-state index in [0.29, 0.717) is 5.75 Å². The highest BCUT2D eigenvalue weighted by Gasteiger charge is 2.46. The molecule has 10 rings (SSSR count). The third kappa shape index (κ3) is 5.47. The Morgan fingerprint density at radius 2 is 0.964 bits per heavy atom. The van der Waals surface area contributed by atoms with E-state index in [1.165, 1.54) is 60.5 Å². The van der Waals surface area contributed by atoms with E-state index in [1.807, 2.05) is 54.6 Å². The number of aliphatic hydroxyl groups is 1. The van der Waals surface area contributed by atoms with Gasteiger partial charge < -0.3 is 14.6 Å². The zero-order valence-corrected chi connectivity index (χ0v) is 30.7. The van der Waals surface area contributed by atoms with Crippen LogP contribution < -0.4 is 9.47 Å². The van der Waals surface area contributed by atoms with Gasteiger partial charge in [0.2, 0.25) is 0 Å². The SMILES string of the molecule is COc1ccc(C(O)c2ccc(Oc3ccc4cc(C5(c6ccc7cc(C)ccc7c6)c6ccccc6-c6cc7ccccc7cc65)ccc4c3)cc2)cc1. The third-order valence-electron chi connectivity index (χ3n) is 11.4. The summed E-state index contributed by atoms with van der Waals surface area (Å²) in [4.78, 5) is 0. The Labute approximate surface area is 320 Å². The molecule has 3 heteroatoms. The van der Waals surface area contributed by atoms with Crippen LogP contribution in [0.15, 0.2) is 182 Å². The van der Waals surface area contributed by atoms with Crippen molar-refractivity contribution in [3.63, 3.8) is 0 Å². The van der Waals surface area contributed by atoms with Crippen molar-refractivity contribution in [3.8, 4) is 28.4 Å². The van der Waals surface area contributed by atoms with E-state index in [-0.39, 0.29) is 0 Å². The fourth-order valence-electron chi connectivity index (χ4n) is 8.70. The second-order valence-corrected chi connectivity index (χ2v) is 14.7. The maximum absolute atomic E-state index is 11.0. The lowest BCUT2D eigenvalue weighted by Crippen LogP contribution is -2.28. The molecule has 0 amide bonds. The molecule has 0 saturated carbocycles. The van der Waals surface area contributed by atoms with Crippen molar-refractivity contribution in [2.75, 3.05) is 7.11 Å². The highest BCUT2D eigenvalue weighted by Crippen LogP contribution is 2.57. The summed E-state index contributed by atoms with van der Waals surface area (Å²) in [6, 6.07) is 64.5. The van der Waals surface area contributed by atoms with Crippen molar-refractivity contribution in [2.45, 2.75) is 18.4 Å².